The summed E-state index contributed by atoms with van der Waals surface area (Å²) >= 11 is 0. The fourth-order valence-corrected chi connectivity index (χ4v) is 2.80. The van der Waals surface area contributed by atoms with Gasteiger partial charge < -0.3 is 10.0 Å². The van der Waals surface area contributed by atoms with Crippen molar-refractivity contribution in [1.82, 2.24) is 4.90 Å². The first-order valence-electron chi connectivity index (χ1n) is 4.72. The number of nitrogens with zero attached hydrogens (tertiary/aromatic N) is 1. The molecule has 1 aliphatic rings. The van der Waals surface area contributed by atoms with Gasteiger partial charge in [0.2, 0.25) is 0 Å². The molecule has 1 saturated heterocycles. The van der Waals surface area contributed by atoms with Crippen molar-refractivity contribution in [3.8, 4) is 0 Å². The molecule has 0 aromatic rings. The Morgan fingerprint density at radius 1 is 1.06 bits per heavy atom. The topological polar surface area (TPSA) is 127 Å². The van der Waals surface area contributed by atoms with Crippen LogP contribution in [0.1, 0.15) is 0 Å². The molecule has 9 nitrogen and oxygen atoms in total. The first-order valence-corrected chi connectivity index (χ1v) is 8.35. The average molecular weight is 303 g/mol. The Morgan fingerprint density at radius 2 is 1.39 bits per heavy atom. The molecule has 11 heteroatoms. The quantitative estimate of drug-likeness (QED) is 0.633. The first kappa shape index (κ1) is 15.1. The summed E-state index contributed by atoms with van der Waals surface area (Å²) in [6.07, 6.45) is -2.09. The van der Waals surface area contributed by atoms with Gasteiger partial charge in [0.15, 0.2) is 0 Å². The monoisotopic (exact) mass is 303 g/mol. The van der Waals surface area contributed by atoms with E-state index in [1.807, 2.05) is 0 Å². The Labute approximate surface area is 105 Å². The van der Waals surface area contributed by atoms with E-state index in [9.17, 15) is 21.6 Å². The van der Waals surface area contributed by atoms with E-state index in [1.165, 1.54) is 0 Å². The van der Waals surface area contributed by atoms with Crippen LogP contribution in [0.5, 0.6) is 0 Å². The summed E-state index contributed by atoms with van der Waals surface area (Å²) < 4.78 is 53.2. The molecule has 1 rings (SSSR count). The molecule has 0 aromatic heterocycles. The molecule has 0 aliphatic carbocycles. The van der Waals surface area contributed by atoms with Crippen LogP contribution in [-0.4, -0.2) is 70.7 Å². The van der Waals surface area contributed by atoms with Gasteiger partial charge in [-0.1, -0.05) is 0 Å². The van der Waals surface area contributed by atoms with Crippen LogP contribution in [0.3, 0.4) is 0 Å². The van der Waals surface area contributed by atoms with Crippen molar-refractivity contribution < 1.29 is 35.1 Å². The predicted molar refractivity (Wildman–Crippen MR) is 59.0 cm³/mol. The summed E-state index contributed by atoms with van der Waals surface area (Å²) in [5.41, 5.74) is 0. The molecule has 0 aromatic carbocycles. The largest absolute Gasteiger partial charge is 0.465 e. The first-order chi connectivity index (χ1) is 7.98. The highest BCUT2D eigenvalue weighted by molar-refractivity contribution is 7.86. The second kappa shape index (κ2) is 4.99. The van der Waals surface area contributed by atoms with Crippen LogP contribution in [0.25, 0.3) is 0 Å². The lowest BCUT2D eigenvalue weighted by Crippen LogP contribution is -2.33. The molecule has 0 radical (unpaired) electrons. The zero-order valence-electron chi connectivity index (χ0n) is 9.64. The fraction of sp³-hybridized carbons (Fsp3) is 0.857. The Balaban J connectivity index is 2.86. The summed E-state index contributed by atoms with van der Waals surface area (Å²) in [7, 11) is -7.68. The lowest BCUT2D eigenvalue weighted by Gasteiger charge is -2.15. The molecular weight excluding hydrogens is 290 g/mol. The van der Waals surface area contributed by atoms with E-state index >= 15 is 0 Å². The SMILES string of the molecule is CS(=O)(=O)O[C@@H]1CN(C(=O)O)C[C@H]1OS(C)(=O)=O. The minimum Gasteiger partial charge on any atom is -0.465 e. The van der Waals surface area contributed by atoms with E-state index in [4.69, 9.17) is 5.11 Å². The molecule has 1 amide bonds. The highest BCUT2D eigenvalue weighted by atomic mass is 32.2. The third-order valence-electron chi connectivity index (χ3n) is 2.08. The van der Waals surface area contributed by atoms with Crippen molar-refractivity contribution in [3.63, 3.8) is 0 Å². The van der Waals surface area contributed by atoms with Gasteiger partial charge in [-0.3, -0.25) is 8.37 Å². The van der Waals surface area contributed by atoms with Crippen molar-refractivity contribution in [2.75, 3.05) is 25.6 Å². The van der Waals surface area contributed by atoms with E-state index < -0.39 is 38.5 Å². The van der Waals surface area contributed by atoms with Gasteiger partial charge in [-0.15, -0.1) is 0 Å². The average Bonchev–Trinajstić information content (AvgIpc) is 2.42. The maximum atomic E-state index is 11.0. The summed E-state index contributed by atoms with van der Waals surface area (Å²) in [6.45, 7) is -0.550. The van der Waals surface area contributed by atoms with E-state index in [2.05, 4.69) is 8.37 Å². The van der Waals surface area contributed by atoms with Gasteiger partial charge in [-0.05, 0) is 0 Å². The van der Waals surface area contributed by atoms with E-state index in [0.29, 0.717) is 0 Å². The second-order valence-corrected chi connectivity index (χ2v) is 7.07. The fourth-order valence-electron chi connectivity index (χ4n) is 1.53. The molecule has 0 bridgehead atoms. The number of carboxylic acid groups (broad SMARTS) is 1. The standard InChI is InChI=1S/C7H13NO8S2/c1-17(11,12)15-5-3-8(7(9)10)4-6(5)16-18(2,13)14/h5-6H,3-4H2,1-2H3,(H,9,10)/t5-,6-/m1/s1. The van der Waals surface area contributed by atoms with Crippen LogP contribution in [0.15, 0.2) is 0 Å². The molecule has 1 fully saturated rings. The Kier molecular flexibility index (Phi) is 4.20. The maximum absolute atomic E-state index is 11.0. The summed E-state index contributed by atoms with van der Waals surface area (Å²) in [4.78, 5) is 11.6. The van der Waals surface area contributed by atoms with Crippen molar-refractivity contribution in [2.24, 2.45) is 0 Å². The molecule has 106 valence electrons. The molecule has 2 atom stereocenters. The van der Waals surface area contributed by atoms with Crippen molar-refractivity contribution in [3.05, 3.63) is 0 Å². The van der Waals surface area contributed by atoms with Crippen LogP contribution < -0.4 is 0 Å². The second-order valence-electron chi connectivity index (χ2n) is 3.87. The Morgan fingerprint density at radius 3 is 1.61 bits per heavy atom. The van der Waals surface area contributed by atoms with Gasteiger partial charge in [0.1, 0.15) is 12.2 Å². The number of likely N-dealkylation sites (tertiary alicyclic amines) is 1. The molecule has 0 spiro atoms. The van der Waals surface area contributed by atoms with Gasteiger partial charge in [0.25, 0.3) is 20.2 Å². The molecule has 1 N–H and O–H groups in total. The van der Waals surface area contributed by atoms with Gasteiger partial charge in [-0.25, -0.2) is 4.79 Å². The van der Waals surface area contributed by atoms with E-state index in [-0.39, 0.29) is 13.1 Å². The number of rotatable bonds is 4. The van der Waals surface area contributed by atoms with Crippen LogP contribution >= 0.6 is 0 Å². The van der Waals surface area contributed by atoms with Crippen molar-refractivity contribution in [2.45, 2.75) is 12.2 Å². The number of amides is 1. The Hall–Kier alpha value is -0.910. The van der Waals surface area contributed by atoms with Crippen LogP contribution in [0.2, 0.25) is 0 Å². The lowest BCUT2D eigenvalue weighted by molar-refractivity contribution is 0.102. The predicted octanol–water partition coefficient (Wildman–Crippen LogP) is -1.33. The zero-order valence-corrected chi connectivity index (χ0v) is 11.3. The number of hydrogen-bond donors (Lipinski definition) is 1. The van der Waals surface area contributed by atoms with E-state index in [0.717, 1.165) is 17.4 Å². The van der Waals surface area contributed by atoms with Gasteiger partial charge >= 0.3 is 6.09 Å². The summed E-state index contributed by atoms with van der Waals surface area (Å²) in [5, 5.41) is 8.76. The van der Waals surface area contributed by atoms with Gasteiger partial charge in [-0.2, -0.15) is 16.8 Å². The van der Waals surface area contributed by atoms with Crippen molar-refractivity contribution in [1.29, 1.82) is 0 Å². The third kappa shape index (κ3) is 4.76. The highest BCUT2D eigenvalue weighted by Gasteiger charge is 2.40. The minimum atomic E-state index is -3.84. The summed E-state index contributed by atoms with van der Waals surface area (Å²) in [6, 6.07) is 0. The third-order valence-corrected chi connectivity index (χ3v) is 3.28. The highest BCUT2D eigenvalue weighted by Crippen LogP contribution is 2.20. The van der Waals surface area contributed by atoms with Gasteiger partial charge in [0.05, 0.1) is 25.6 Å². The number of carbonyl (C=O) groups is 1. The van der Waals surface area contributed by atoms with E-state index in [1.54, 1.807) is 0 Å². The van der Waals surface area contributed by atoms with Gasteiger partial charge in [0, 0.05) is 0 Å². The smallest absolute Gasteiger partial charge is 0.407 e. The molecule has 1 heterocycles. The molecule has 0 saturated carbocycles. The maximum Gasteiger partial charge on any atom is 0.407 e. The lowest BCUT2D eigenvalue weighted by atomic mass is 10.3. The van der Waals surface area contributed by atoms with Crippen LogP contribution in [-0.2, 0) is 28.6 Å². The molecule has 0 unspecified atom stereocenters. The zero-order chi connectivity index (χ0) is 14.1. The number of hydrogen-bond acceptors (Lipinski definition) is 7. The normalized spacial score (nSPS) is 25.3. The van der Waals surface area contributed by atoms with Crippen LogP contribution in [0, 0.1) is 0 Å². The molecule has 18 heavy (non-hydrogen) atoms. The molecule has 1 aliphatic heterocycles. The summed E-state index contributed by atoms with van der Waals surface area (Å²) in [5.74, 6) is 0. The van der Waals surface area contributed by atoms with Crippen molar-refractivity contribution >= 4 is 26.3 Å². The minimum absolute atomic E-state index is 0.275. The molecular formula is C7H13NO8S2. The Bertz CT molecular complexity index is 482. The van der Waals surface area contributed by atoms with Crippen LogP contribution in [0.4, 0.5) is 4.79 Å².